The molecule has 1 unspecified atom stereocenters. The summed E-state index contributed by atoms with van der Waals surface area (Å²) in [7, 11) is 1.56. The molecule has 1 heterocycles. The van der Waals surface area contributed by atoms with Gasteiger partial charge in [0.2, 0.25) is 5.91 Å². The van der Waals surface area contributed by atoms with Crippen LogP contribution in [0, 0.1) is 0 Å². The Morgan fingerprint density at radius 1 is 1.23 bits per heavy atom. The molecule has 1 atom stereocenters. The van der Waals surface area contributed by atoms with E-state index >= 15 is 0 Å². The highest BCUT2D eigenvalue weighted by atomic mass is 35.5. The number of aromatic nitrogens is 3. The van der Waals surface area contributed by atoms with Crippen molar-refractivity contribution in [1.82, 2.24) is 14.8 Å². The number of rotatable bonds is 6. The van der Waals surface area contributed by atoms with Gasteiger partial charge in [0, 0.05) is 5.56 Å². The third-order valence-electron chi connectivity index (χ3n) is 3.74. The third kappa shape index (κ3) is 3.68. The minimum atomic E-state index is -0.449. The highest BCUT2D eigenvalue weighted by Gasteiger charge is 2.21. The first-order valence-electron chi connectivity index (χ1n) is 7.82. The summed E-state index contributed by atoms with van der Waals surface area (Å²) in [5.41, 5.74) is 7.05. The van der Waals surface area contributed by atoms with E-state index in [1.807, 2.05) is 41.0 Å². The number of benzene rings is 2. The third-order valence-corrected chi connectivity index (χ3v) is 5.10. The molecule has 3 rings (SSSR count). The van der Waals surface area contributed by atoms with Crippen LogP contribution in [0.25, 0.3) is 17.1 Å². The molecule has 0 aliphatic carbocycles. The highest BCUT2D eigenvalue weighted by molar-refractivity contribution is 8.00. The van der Waals surface area contributed by atoms with Crippen molar-refractivity contribution in [3.63, 3.8) is 0 Å². The van der Waals surface area contributed by atoms with Crippen molar-refractivity contribution in [2.75, 3.05) is 7.11 Å². The molecule has 0 bridgehead atoms. The molecule has 0 saturated heterocycles. The molecule has 134 valence electrons. The van der Waals surface area contributed by atoms with Gasteiger partial charge in [0.05, 0.1) is 23.1 Å². The van der Waals surface area contributed by atoms with Gasteiger partial charge in [-0.2, -0.15) is 0 Å². The number of carbonyl (C=O) groups is 1. The smallest absolute Gasteiger partial charge is 0.230 e. The molecule has 0 saturated carbocycles. The Morgan fingerprint density at radius 3 is 2.58 bits per heavy atom. The van der Waals surface area contributed by atoms with E-state index in [0.717, 1.165) is 11.3 Å². The molecular weight excluding hydrogens is 372 g/mol. The van der Waals surface area contributed by atoms with Gasteiger partial charge in [-0.3, -0.25) is 9.36 Å². The average Bonchev–Trinajstić information content (AvgIpc) is 3.05. The minimum Gasteiger partial charge on any atom is -0.495 e. The summed E-state index contributed by atoms with van der Waals surface area (Å²) >= 11 is 7.54. The van der Waals surface area contributed by atoms with Crippen LogP contribution in [0.2, 0.25) is 5.02 Å². The molecule has 0 fully saturated rings. The molecule has 0 aliphatic rings. The number of ether oxygens (including phenoxy) is 1. The van der Waals surface area contributed by atoms with Crippen molar-refractivity contribution in [2.24, 2.45) is 5.73 Å². The Bertz CT molecular complexity index is 930. The van der Waals surface area contributed by atoms with Crippen LogP contribution < -0.4 is 10.5 Å². The summed E-state index contributed by atoms with van der Waals surface area (Å²) in [5.74, 6) is 0.800. The lowest BCUT2D eigenvalue weighted by atomic mass is 10.2. The van der Waals surface area contributed by atoms with Gasteiger partial charge < -0.3 is 10.5 Å². The van der Waals surface area contributed by atoms with Crippen molar-refractivity contribution in [3.05, 3.63) is 53.6 Å². The summed E-state index contributed by atoms with van der Waals surface area (Å²) in [6, 6.07) is 15.1. The van der Waals surface area contributed by atoms with Crippen LogP contribution in [0.15, 0.2) is 53.7 Å². The van der Waals surface area contributed by atoms with E-state index in [1.54, 1.807) is 26.2 Å². The van der Waals surface area contributed by atoms with Crippen LogP contribution >= 0.6 is 23.4 Å². The summed E-state index contributed by atoms with van der Waals surface area (Å²) in [4.78, 5) is 11.5. The molecule has 2 N–H and O–H groups in total. The number of amides is 1. The first-order chi connectivity index (χ1) is 12.5. The molecular formula is C18H17ClN4O2S. The van der Waals surface area contributed by atoms with Crippen LogP contribution in [0.4, 0.5) is 0 Å². The molecule has 0 spiro atoms. The normalized spacial score (nSPS) is 12.0. The lowest BCUT2D eigenvalue weighted by Crippen LogP contribution is -2.23. The zero-order valence-electron chi connectivity index (χ0n) is 14.2. The molecule has 1 amide bonds. The quantitative estimate of drug-likeness (QED) is 0.653. The Balaban J connectivity index is 2.14. The number of methoxy groups -OCH3 is 1. The number of nitrogens with two attached hydrogens (primary N) is 1. The number of primary amides is 1. The van der Waals surface area contributed by atoms with Crippen molar-refractivity contribution in [3.8, 4) is 22.8 Å². The van der Waals surface area contributed by atoms with E-state index in [-0.39, 0.29) is 0 Å². The molecule has 1 aromatic heterocycles. The number of carbonyl (C=O) groups excluding carboxylic acids is 1. The van der Waals surface area contributed by atoms with E-state index in [0.29, 0.717) is 21.8 Å². The van der Waals surface area contributed by atoms with Crippen LogP contribution in [-0.4, -0.2) is 33.0 Å². The van der Waals surface area contributed by atoms with Gasteiger partial charge in [-0.05, 0) is 25.1 Å². The van der Waals surface area contributed by atoms with Crippen molar-refractivity contribution in [2.45, 2.75) is 17.3 Å². The molecule has 0 aliphatic heterocycles. The molecule has 6 nitrogen and oxygen atoms in total. The van der Waals surface area contributed by atoms with E-state index in [2.05, 4.69) is 10.2 Å². The fraction of sp³-hybridized carbons (Fsp3) is 0.167. The predicted molar refractivity (Wildman–Crippen MR) is 103 cm³/mol. The van der Waals surface area contributed by atoms with Crippen molar-refractivity contribution < 1.29 is 9.53 Å². The number of hydrogen-bond donors (Lipinski definition) is 1. The lowest BCUT2D eigenvalue weighted by Gasteiger charge is -2.13. The standard InChI is InChI=1S/C18H17ClN4O2S/c1-11(16(20)24)26-18-22-21-17(12-6-4-3-5-7-12)23(18)13-8-9-15(25-2)14(19)10-13/h3-11H,1-2H3,(H2,20,24). The maximum Gasteiger partial charge on any atom is 0.230 e. The fourth-order valence-corrected chi connectivity index (χ4v) is 3.43. The number of hydrogen-bond acceptors (Lipinski definition) is 5. The number of thioether (sulfide) groups is 1. The maximum absolute atomic E-state index is 11.5. The molecule has 8 heteroatoms. The molecule has 0 radical (unpaired) electrons. The predicted octanol–water partition coefficient (Wildman–Crippen LogP) is 3.56. The molecule has 2 aromatic carbocycles. The van der Waals surface area contributed by atoms with Crippen LogP contribution in [0.5, 0.6) is 5.75 Å². The van der Waals surface area contributed by atoms with Crippen LogP contribution in [0.3, 0.4) is 0 Å². The Labute approximate surface area is 160 Å². The Hall–Kier alpha value is -2.51. The summed E-state index contributed by atoms with van der Waals surface area (Å²) < 4.78 is 7.07. The fourth-order valence-electron chi connectivity index (χ4n) is 2.36. The topological polar surface area (TPSA) is 83.0 Å². The van der Waals surface area contributed by atoms with Crippen LogP contribution in [0.1, 0.15) is 6.92 Å². The number of halogens is 1. The monoisotopic (exact) mass is 388 g/mol. The van der Waals surface area contributed by atoms with Gasteiger partial charge in [-0.15, -0.1) is 10.2 Å². The number of nitrogens with zero attached hydrogens (tertiary/aromatic N) is 3. The van der Waals surface area contributed by atoms with Gasteiger partial charge in [0.25, 0.3) is 0 Å². The van der Waals surface area contributed by atoms with E-state index in [4.69, 9.17) is 22.1 Å². The van der Waals surface area contributed by atoms with Gasteiger partial charge >= 0.3 is 0 Å². The average molecular weight is 389 g/mol. The second kappa shape index (κ2) is 7.80. The van der Waals surface area contributed by atoms with E-state index in [9.17, 15) is 4.79 Å². The second-order valence-corrected chi connectivity index (χ2v) is 7.20. The summed E-state index contributed by atoms with van der Waals surface area (Å²) in [6.45, 7) is 1.73. The molecule has 3 aromatic rings. The lowest BCUT2D eigenvalue weighted by molar-refractivity contribution is -0.117. The summed E-state index contributed by atoms with van der Waals surface area (Å²) in [6.07, 6.45) is 0. The van der Waals surface area contributed by atoms with Gasteiger partial charge in [-0.1, -0.05) is 53.7 Å². The van der Waals surface area contributed by atoms with E-state index < -0.39 is 11.2 Å². The van der Waals surface area contributed by atoms with E-state index in [1.165, 1.54) is 11.8 Å². The first kappa shape index (κ1) is 18.3. The largest absolute Gasteiger partial charge is 0.495 e. The van der Waals surface area contributed by atoms with Gasteiger partial charge in [0.15, 0.2) is 11.0 Å². The Kier molecular flexibility index (Phi) is 5.49. The van der Waals surface area contributed by atoms with Gasteiger partial charge in [-0.25, -0.2) is 0 Å². The Morgan fingerprint density at radius 2 is 1.96 bits per heavy atom. The molecule has 26 heavy (non-hydrogen) atoms. The van der Waals surface area contributed by atoms with Crippen molar-refractivity contribution >= 4 is 29.3 Å². The highest BCUT2D eigenvalue weighted by Crippen LogP contribution is 2.33. The van der Waals surface area contributed by atoms with Gasteiger partial charge in [0.1, 0.15) is 5.75 Å². The van der Waals surface area contributed by atoms with Crippen molar-refractivity contribution in [1.29, 1.82) is 0 Å². The zero-order valence-corrected chi connectivity index (χ0v) is 15.8. The first-order valence-corrected chi connectivity index (χ1v) is 9.07. The van der Waals surface area contributed by atoms with Crippen LogP contribution in [-0.2, 0) is 4.79 Å². The maximum atomic E-state index is 11.5. The minimum absolute atomic E-state index is 0.418. The zero-order chi connectivity index (χ0) is 18.7. The summed E-state index contributed by atoms with van der Waals surface area (Å²) in [5, 5.41) is 9.14. The second-order valence-electron chi connectivity index (χ2n) is 5.49. The SMILES string of the molecule is COc1ccc(-n2c(SC(C)C(N)=O)nnc2-c2ccccc2)cc1Cl.